The maximum Gasteiger partial charge on any atom is 0.157 e. The van der Waals surface area contributed by atoms with Crippen molar-refractivity contribution in [3.8, 4) is 0 Å². The summed E-state index contributed by atoms with van der Waals surface area (Å²) in [5.74, 6) is -1.45. The summed E-state index contributed by atoms with van der Waals surface area (Å²) >= 11 is 0. The standard InChI is InChI=1S/C9H10F2N4/c1-6(12)14-15(13-2)9-7(10)4-3-5-8(9)11/h3-5H,2H2,1H3,(H2,12,14). The fourth-order valence-electron chi connectivity index (χ4n) is 0.982. The van der Waals surface area contributed by atoms with Gasteiger partial charge in [-0.15, -0.1) is 10.2 Å². The largest absolute Gasteiger partial charge is 0.386 e. The van der Waals surface area contributed by atoms with Gasteiger partial charge in [0.1, 0.15) is 5.84 Å². The van der Waals surface area contributed by atoms with Crippen LogP contribution in [0.4, 0.5) is 14.5 Å². The van der Waals surface area contributed by atoms with Gasteiger partial charge in [0.05, 0.1) is 0 Å². The highest BCUT2D eigenvalue weighted by atomic mass is 19.1. The first kappa shape index (κ1) is 11.1. The SMILES string of the molecule is C=NN(/N=C(\C)N)c1c(F)cccc1F. The zero-order valence-corrected chi connectivity index (χ0v) is 8.11. The minimum atomic E-state index is -0.785. The van der Waals surface area contributed by atoms with E-state index in [2.05, 4.69) is 16.9 Å². The summed E-state index contributed by atoms with van der Waals surface area (Å²) in [6.45, 7) is 4.62. The van der Waals surface area contributed by atoms with Crippen molar-refractivity contribution in [3.63, 3.8) is 0 Å². The normalized spacial score (nSPS) is 11.3. The lowest BCUT2D eigenvalue weighted by Crippen LogP contribution is -2.17. The van der Waals surface area contributed by atoms with Gasteiger partial charge in [-0.3, -0.25) is 0 Å². The van der Waals surface area contributed by atoms with Gasteiger partial charge in [0.2, 0.25) is 0 Å². The highest BCUT2D eigenvalue weighted by Crippen LogP contribution is 2.23. The molecule has 0 fully saturated rings. The summed E-state index contributed by atoms with van der Waals surface area (Å²) in [7, 11) is 0. The number of hydrogen-bond donors (Lipinski definition) is 1. The Morgan fingerprint density at radius 1 is 1.40 bits per heavy atom. The molecule has 0 atom stereocenters. The van der Waals surface area contributed by atoms with Gasteiger partial charge in [-0.1, -0.05) is 6.07 Å². The molecule has 0 heterocycles. The number of anilines is 1. The van der Waals surface area contributed by atoms with Gasteiger partial charge in [0, 0.05) is 6.72 Å². The minimum Gasteiger partial charge on any atom is -0.386 e. The van der Waals surface area contributed by atoms with Crippen molar-refractivity contribution in [2.45, 2.75) is 6.92 Å². The van der Waals surface area contributed by atoms with Crippen molar-refractivity contribution in [1.29, 1.82) is 0 Å². The maximum atomic E-state index is 13.3. The lowest BCUT2D eigenvalue weighted by Gasteiger charge is -2.13. The molecule has 0 unspecified atom stereocenters. The summed E-state index contributed by atoms with van der Waals surface area (Å²) in [5, 5.41) is 7.67. The van der Waals surface area contributed by atoms with Crippen molar-refractivity contribution in [2.75, 3.05) is 5.12 Å². The van der Waals surface area contributed by atoms with Crippen molar-refractivity contribution in [2.24, 2.45) is 15.9 Å². The van der Waals surface area contributed by atoms with Gasteiger partial charge in [-0.25, -0.2) is 8.78 Å². The van der Waals surface area contributed by atoms with Crippen molar-refractivity contribution in [1.82, 2.24) is 0 Å². The Kier molecular flexibility index (Phi) is 3.33. The van der Waals surface area contributed by atoms with Crippen LogP contribution in [0.3, 0.4) is 0 Å². The lowest BCUT2D eigenvalue weighted by molar-refractivity contribution is 0.575. The van der Waals surface area contributed by atoms with Crippen LogP contribution in [0, 0.1) is 11.6 Å². The van der Waals surface area contributed by atoms with E-state index < -0.39 is 17.3 Å². The first-order valence-corrected chi connectivity index (χ1v) is 4.07. The van der Waals surface area contributed by atoms with Crippen LogP contribution in [-0.4, -0.2) is 12.6 Å². The van der Waals surface area contributed by atoms with E-state index in [9.17, 15) is 8.78 Å². The van der Waals surface area contributed by atoms with Crippen LogP contribution in [0.1, 0.15) is 6.92 Å². The molecule has 1 rings (SSSR count). The van der Waals surface area contributed by atoms with Crippen LogP contribution in [0.25, 0.3) is 0 Å². The molecule has 1 aromatic carbocycles. The third-order valence-corrected chi connectivity index (χ3v) is 1.52. The number of nitrogens with two attached hydrogens (primary N) is 1. The number of hydrazone groups is 2. The van der Waals surface area contributed by atoms with Crippen molar-refractivity contribution < 1.29 is 8.78 Å². The summed E-state index contributed by atoms with van der Waals surface area (Å²) in [5.41, 5.74) is 4.88. The van der Waals surface area contributed by atoms with E-state index in [0.29, 0.717) is 5.12 Å². The van der Waals surface area contributed by atoms with E-state index in [0.717, 1.165) is 12.1 Å². The highest BCUT2D eigenvalue weighted by Gasteiger charge is 2.14. The molecular formula is C9H10F2N4. The molecule has 0 bridgehead atoms. The van der Waals surface area contributed by atoms with Gasteiger partial charge < -0.3 is 5.73 Å². The molecule has 0 saturated heterocycles. The van der Waals surface area contributed by atoms with Crippen LogP contribution >= 0.6 is 0 Å². The molecule has 0 spiro atoms. The van der Waals surface area contributed by atoms with E-state index in [-0.39, 0.29) is 5.84 Å². The van der Waals surface area contributed by atoms with Gasteiger partial charge >= 0.3 is 0 Å². The van der Waals surface area contributed by atoms with Crippen LogP contribution in [0.5, 0.6) is 0 Å². The van der Waals surface area contributed by atoms with Crippen LogP contribution < -0.4 is 10.9 Å². The van der Waals surface area contributed by atoms with Gasteiger partial charge in [-0.2, -0.15) is 5.10 Å². The summed E-state index contributed by atoms with van der Waals surface area (Å²) < 4.78 is 26.5. The molecule has 2 N–H and O–H groups in total. The number of benzene rings is 1. The Hall–Kier alpha value is -1.98. The van der Waals surface area contributed by atoms with Gasteiger partial charge in [0.15, 0.2) is 17.3 Å². The summed E-state index contributed by atoms with van der Waals surface area (Å²) in [6, 6.07) is 3.43. The maximum absolute atomic E-state index is 13.3. The zero-order valence-electron chi connectivity index (χ0n) is 8.11. The molecule has 6 heteroatoms. The summed E-state index contributed by atoms with van der Waals surface area (Å²) in [6.07, 6.45) is 0. The van der Waals surface area contributed by atoms with E-state index in [4.69, 9.17) is 5.73 Å². The molecule has 1 aromatic rings. The molecule has 0 aromatic heterocycles. The predicted octanol–water partition coefficient (Wildman–Crippen LogP) is 1.68. The molecule has 80 valence electrons. The molecule has 0 aliphatic rings. The fraction of sp³-hybridized carbons (Fsp3) is 0.111. The Bertz CT molecular complexity index is 379. The molecule has 4 nitrogen and oxygen atoms in total. The van der Waals surface area contributed by atoms with Crippen molar-refractivity contribution >= 4 is 18.2 Å². The zero-order chi connectivity index (χ0) is 11.4. The Labute approximate surface area is 85.7 Å². The Balaban J connectivity index is 3.23. The third kappa shape index (κ3) is 2.49. The number of para-hydroxylation sites is 1. The Morgan fingerprint density at radius 2 is 1.93 bits per heavy atom. The first-order valence-electron chi connectivity index (χ1n) is 4.07. The molecule has 0 saturated carbocycles. The molecule has 0 radical (unpaired) electrons. The van der Waals surface area contributed by atoms with E-state index in [1.807, 2.05) is 0 Å². The molecule has 0 amide bonds. The second-order valence-corrected chi connectivity index (χ2v) is 2.74. The second-order valence-electron chi connectivity index (χ2n) is 2.74. The quantitative estimate of drug-likeness (QED) is 0.470. The van der Waals surface area contributed by atoms with Gasteiger partial charge in [0.25, 0.3) is 0 Å². The number of halogens is 2. The smallest absolute Gasteiger partial charge is 0.157 e. The molecule has 0 aliphatic heterocycles. The number of hydrogen-bond acceptors (Lipinski definition) is 3. The number of nitrogens with zero attached hydrogens (tertiary/aromatic N) is 3. The first-order chi connectivity index (χ1) is 7.06. The third-order valence-electron chi connectivity index (χ3n) is 1.52. The van der Waals surface area contributed by atoms with E-state index in [1.54, 1.807) is 0 Å². The van der Waals surface area contributed by atoms with Crippen LogP contribution in [-0.2, 0) is 0 Å². The monoisotopic (exact) mass is 212 g/mol. The molecule has 15 heavy (non-hydrogen) atoms. The predicted molar refractivity (Wildman–Crippen MR) is 55.7 cm³/mol. The average molecular weight is 212 g/mol. The van der Waals surface area contributed by atoms with Crippen LogP contribution in [0.15, 0.2) is 28.4 Å². The summed E-state index contributed by atoms with van der Waals surface area (Å²) in [4.78, 5) is 0. The topological polar surface area (TPSA) is 54.0 Å². The van der Waals surface area contributed by atoms with Crippen LogP contribution in [0.2, 0.25) is 0 Å². The second kappa shape index (κ2) is 4.50. The average Bonchev–Trinajstić information content (AvgIpc) is 2.15. The number of amidine groups is 1. The fourth-order valence-corrected chi connectivity index (χ4v) is 0.982. The van der Waals surface area contributed by atoms with E-state index in [1.165, 1.54) is 13.0 Å². The minimum absolute atomic E-state index is 0.116. The lowest BCUT2D eigenvalue weighted by atomic mass is 10.3. The Morgan fingerprint density at radius 3 is 2.33 bits per heavy atom. The van der Waals surface area contributed by atoms with Gasteiger partial charge in [-0.05, 0) is 19.1 Å². The van der Waals surface area contributed by atoms with E-state index >= 15 is 0 Å². The number of rotatable bonds is 3. The molecular weight excluding hydrogens is 202 g/mol. The van der Waals surface area contributed by atoms with Crippen molar-refractivity contribution in [3.05, 3.63) is 29.8 Å². The highest BCUT2D eigenvalue weighted by molar-refractivity contribution is 5.78. The molecule has 0 aliphatic carbocycles.